The Morgan fingerprint density at radius 3 is 2.41 bits per heavy atom. The Balaban J connectivity index is 1.79. The normalized spacial score (nSPS) is 38.8. The van der Waals surface area contributed by atoms with Crippen LogP contribution in [0.4, 0.5) is 0 Å². The molecule has 1 aliphatic carbocycles. The first kappa shape index (κ1) is 16.1. The minimum Gasteiger partial charge on any atom is -0.334 e. The molecule has 2 heterocycles. The number of piperazine rings is 1. The zero-order valence-electron chi connectivity index (χ0n) is 13.7. The number of amides is 2. The van der Waals surface area contributed by atoms with Crippen LogP contribution in [0.5, 0.6) is 0 Å². The van der Waals surface area contributed by atoms with Gasteiger partial charge in [0.15, 0.2) is 0 Å². The lowest BCUT2D eigenvalue weighted by atomic mass is 9.84. The van der Waals surface area contributed by atoms with Crippen LogP contribution in [-0.2, 0) is 9.59 Å². The van der Waals surface area contributed by atoms with Crippen molar-refractivity contribution in [1.82, 2.24) is 15.1 Å². The molecule has 1 N–H and O–H groups in total. The van der Waals surface area contributed by atoms with Crippen molar-refractivity contribution < 1.29 is 9.59 Å². The average molecular weight is 325 g/mol. The molecule has 0 bridgehead atoms. The van der Waals surface area contributed by atoms with Crippen LogP contribution in [0.25, 0.3) is 0 Å². The molecule has 4 unspecified atom stereocenters. The fourth-order valence-corrected chi connectivity index (χ4v) is 5.36. The summed E-state index contributed by atoms with van der Waals surface area (Å²) < 4.78 is 0. The largest absolute Gasteiger partial charge is 0.334 e. The molecule has 2 saturated heterocycles. The van der Waals surface area contributed by atoms with Gasteiger partial charge in [-0.05, 0) is 26.7 Å². The van der Waals surface area contributed by atoms with Crippen LogP contribution < -0.4 is 5.32 Å². The molecule has 0 radical (unpaired) electrons. The van der Waals surface area contributed by atoms with E-state index in [2.05, 4.69) is 24.1 Å². The van der Waals surface area contributed by atoms with Crippen molar-refractivity contribution in [3.63, 3.8) is 0 Å². The number of nitrogens with zero attached hydrogens (tertiary/aromatic N) is 2. The van der Waals surface area contributed by atoms with Gasteiger partial charge in [0.25, 0.3) is 0 Å². The highest BCUT2D eigenvalue weighted by atomic mass is 32.2. The van der Waals surface area contributed by atoms with Gasteiger partial charge in [-0.15, -0.1) is 11.8 Å². The summed E-state index contributed by atoms with van der Waals surface area (Å²) in [7, 11) is 0. The van der Waals surface area contributed by atoms with E-state index in [0.29, 0.717) is 11.9 Å². The molecule has 0 aromatic rings. The van der Waals surface area contributed by atoms with Gasteiger partial charge in [-0.25, -0.2) is 0 Å². The van der Waals surface area contributed by atoms with Crippen molar-refractivity contribution in [2.75, 3.05) is 12.3 Å². The molecule has 124 valence electrons. The third-order valence-electron chi connectivity index (χ3n) is 5.28. The first-order valence-corrected chi connectivity index (χ1v) is 9.51. The Bertz CT molecular complexity index is 459. The van der Waals surface area contributed by atoms with Gasteiger partial charge in [-0.3, -0.25) is 14.9 Å². The maximum absolute atomic E-state index is 13.0. The zero-order chi connectivity index (χ0) is 15.9. The number of rotatable bonds is 1. The van der Waals surface area contributed by atoms with Crippen molar-refractivity contribution in [2.24, 2.45) is 0 Å². The highest BCUT2D eigenvalue weighted by Crippen LogP contribution is 2.34. The Hall–Kier alpha value is -0.750. The van der Waals surface area contributed by atoms with E-state index in [1.54, 1.807) is 6.92 Å². The molecule has 6 heteroatoms. The molecule has 0 aromatic carbocycles. The molecule has 2 aliphatic heterocycles. The summed E-state index contributed by atoms with van der Waals surface area (Å²) in [4.78, 5) is 29.1. The van der Waals surface area contributed by atoms with Gasteiger partial charge in [-0.2, -0.15) is 0 Å². The number of hydrogen-bond acceptors (Lipinski definition) is 4. The third-order valence-corrected chi connectivity index (χ3v) is 6.44. The van der Waals surface area contributed by atoms with Crippen molar-refractivity contribution in [1.29, 1.82) is 0 Å². The zero-order valence-corrected chi connectivity index (χ0v) is 14.6. The molecule has 5 atom stereocenters. The lowest BCUT2D eigenvalue weighted by molar-refractivity contribution is -0.153. The van der Waals surface area contributed by atoms with E-state index in [9.17, 15) is 9.59 Å². The van der Waals surface area contributed by atoms with Gasteiger partial charge >= 0.3 is 0 Å². The summed E-state index contributed by atoms with van der Waals surface area (Å²) in [5.41, 5.74) is 0. The van der Waals surface area contributed by atoms with Crippen LogP contribution in [0.3, 0.4) is 0 Å². The maximum Gasteiger partial charge on any atom is 0.240 e. The molecular weight excluding hydrogens is 298 g/mol. The van der Waals surface area contributed by atoms with E-state index in [-0.39, 0.29) is 36.0 Å². The summed E-state index contributed by atoms with van der Waals surface area (Å²) >= 11 is 1.81. The quantitative estimate of drug-likeness (QED) is 0.792. The van der Waals surface area contributed by atoms with Gasteiger partial charge in [0, 0.05) is 25.3 Å². The highest BCUT2D eigenvalue weighted by molar-refractivity contribution is 8.00. The predicted octanol–water partition coefficient (Wildman–Crippen LogP) is 1.43. The van der Waals surface area contributed by atoms with Crippen molar-refractivity contribution in [2.45, 2.75) is 76.0 Å². The molecule has 3 rings (SSSR count). The molecular formula is C16H27N3O2S. The van der Waals surface area contributed by atoms with Crippen LogP contribution in [0.15, 0.2) is 0 Å². The predicted molar refractivity (Wildman–Crippen MR) is 88.6 cm³/mol. The Kier molecular flexibility index (Phi) is 4.69. The standard InChI is InChI=1S/C16H27N3O2S/c1-10-8-18(16(21)13-9-22-11(2)17-13)14-6-4-5-7-15(14)19(10)12(3)20/h10-11,13-15,17H,4-9H2,1-3H3/t10-,11?,13?,14?,15?/m0/s1. The molecule has 22 heavy (non-hydrogen) atoms. The maximum atomic E-state index is 13.0. The lowest BCUT2D eigenvalue weighted by Crippen LogP contribution is -2.67. The number of thioether (sulfide) groups is 1. The van der Waals surface area contributed by atoms with Crippen LogP contribution in [0.2, 0.25) is 0 Å². The third kappa shape index (κ3) is 2.87. The summed E-state index contributed by atoms with van der Waals surface area (Å²) in [6.45, 7) is 6.52. The number of carbonyl (C=O) groups is 2. The Morgan fingerprint density at radius 2 is 1.82 bits per heavy atom. The minimum absolute atomic E-state index is 0.0568. The molecule has 5 nitrogen and oxygen atoms in total. The van der Waals surface area contributed by atoms with Crippen LogP contribution in [-0.4, -0.2) is 63.5 Å². The molecule has 2 amide bonds. The van der Waals surface area contributed by atoms with Crippen molar-refractivity contribution in [3.8, 4) is 0 Å². The fraction of sp³-hybridized carbons (Fsp3) is 0.875. The SMILES string of the molecule is CC(=O)N1C2CCCCC2N(C(=O)C2CSC(C)N2)C[C@@H]1C. The van der Waals surface area contributed by atoms with Crippen LogP contribution in [0, 0.1) is 0 Å². The van der Waals surface area contributed by atoms with Crippen LogP contribution in [0.1, 0.15) is 46.5 Å². The summed E-state index contributed by atoms with van der Waals surface area (Å²) in [5, 5.41) is 3.74. The summed E-state index contributed by atoms with van der Waals surface area (Å²) in [6.07, 6.45) is 4.38. The van der Waals surface area contributed by atoms with E-state index in [1.165, 1.54) is 0 Å². The van der Waals surface area contributed by atoms with Gasteiger partial charge < -0.3 is 9.80 Å². The number of carbonyl (C=O) groups excluding carboxylic acids is 2. The molecule has 0 aromatic heterocycles. The average Bonchev–Trinajstić information content (AvgIpc) is 2.91. The second-order valence-electron chi connectivity index (χ2n) is 6.88. The van der Waals surface area contributed by atoms with E-state index >= 15 is 0 Å². The van der Waals surface area contributed by atoms with E-state index in [1.807, 2.05) is 16.7 Å². The second-order valence-corrected chi connectivity index (χ2v) is 8.25. The smallest absolute Gasteiger partial charge is 0.240 e. The second kappa shape index (κ2) is 6.40. The molecule has 3 fully saturated rings. The first-order valence-electron chi connectivity index (χ1n) is 8.46. The number of fused-ring (bicyclic) bond motifs is 1. The summed E-state index contributed by atoms with van der Waals surface area (Å²) in [5.74, 6) is 1.25. The molecule has 3 aliphatic rings. The van der Waals surface area contributed by atoms with Gasteiger partial charge in [0.05, 0.1) is 23.5 Å². The monoisotopic (exact) mass is 325 g/mol. The van der Waals surface area contributed by atoms with Gasteiger partial charge in [-0.1, -0.05) is 12.8 Å². The van der Waals surface area contributed by atoms with Gasteiger partial charge in [0.1, 0.15) is 0 Å². The van der Waals surface area contributed by atoms with Crippen LogP contribution >= 0.6 is 11.8 Å². The molecule has 0 spiro atoms. The van der Waals surface area contributed by atoms with Crippen molar-refractivity contribution in [3.05, 3.63) is 0 Å². The minimum atomic E-state index is -0.0568. The van der Waals surface area contributed by atoms with Crippen molar-refractivity contribution >= 4 is 23.6 Å². The van der Waals surface area contributed by atoms with E-state index < -0.39 is 0 Å². The molecule has 1 saturated carbocycles. The number of hydrogen-bond donors (Lipinski definition) is 1. The first-order chi connectivity index (χ1) is 10.5. The number of nitrogens with one attached hydrogen (secondary N) is 1. The topological polar surface area (TPSA) is 52.7 Å². The Morgan fingerprint density at radius 1 is 1.14 bits per heavy atom. The van der Waals surface area contributed by atoms with E-state index in [0.717, 1.165) is 31.4 Å². The lowest BCUT2D eigenvalue weighted by Gasteiger charge is -2.53. The van der Waals surface area contributed by atoms with Gasteiger partial charge in [0.2, 0.25) is 11.8 Å². The highest BCUT2D eigenvalue weighted by Gasteiger charge is 2.45. The van der Waals surface area contributed by atoms with E-state index in [4.69, 9.17) is 0 Å². The summed E-state index contributed by atoms with van der Waals surface area (Å²) in [6, 6.07) is 0.486. The Labute approximate surface area is 137 Å². The fourth-order valence-electron chi connectivity index (χ4n) is 4.37.